The summed E-state index contributed by atoms with van der Waals surface area (Å²) in [5, 5.41) is 9.56. The second-order valence-corrected chi connectivity index (χ2v) is 5.19. The normalized spacial score (nSPS) is 11.8. The Bertz CT molecular complexity index is 652. The number of nitrogens with zero attached hydrogens (tertiary/aromatic N) is 1. The number of methoxy groups -OCH3 is 2. The first-order valence-electron chi connectivity index (χ1n) is 7.07. The van der Waals surface area contributed by atoms with Crippen molar-refractivity contribution >= 4 is 11.6 Å². The Morgan fingerprint density at radius 3 is 2.64 bits per heavy atom. The molecule has 6 nitrogen and oxygen atoms in total. The van der Waals surface area contributed by atoms with Gasteiger partial charge in [-0.2, -0.15) is 5.10 Å². The lowest BCUT2D eigenvalue weighted by atomic mass is 10.00. The molecule has 1 aromatic heterocycles. The molecule has 1 amide bonds. The molecule has 0 spiro atoms. The van der Waals surface area contributed by atoms with Gasteiger partial charge in [-0.15, -0.1) is 0 Å². The van der Waals surface area contributed by atoms with E-state index in [0.717, 1.165) is 11.3 Å². The van der Waals surface area contributed by atoms with Crippen molar-refractivity contribution in [3.05, 3.63) is 35.7 Å². The Balaban J connectivity index is 2.03. The van der Waals surface area contributed by atoms with Crippen LogP contribution in [0.2, 0.25) is 0 Å². The third-order valence-electron chi connectivity index (χ3n) is 3.53. The lowest BCUT2D eigenvalue weighted by molar-refractivity contribution is -0.119. The molecule has 1 heterocycles. The Kier molecular flexibility index (Phi) is 5.04. The van der Waals surface area contributed by atoms with Gasteiger partial charge in [0.2, 0.25) is 5.91 Å². The first-order valence-corrected chi connectivity index (χ1v) is 7.07. The molecule has 0 saturated heterocycles. The van der Waals surface area contributed by atoms with Crippen LogP contribution in [-0.2, 0) is 11.2 Å². The second-order valence-electron chi connectivity index (χ2n) is 5.19. The van der Waals surface area contributed by atoms with E-state index in [1.165, 1.54) is 0 Å². The van der Waals surface area contributed by atoms with Crippen LogP contribution >= 0.6 is 0 Å². The number of amides is 1. The molecule has 2 rings (SSSR count). The van der Waals surface area contributed by atoms with E-state index < -0.39 is 0 Å². The lowest BCUT2D eigenvalue weighted by Crippen LogP contribution is -2.22. The van der Waals surface area contributed by atoms with Gasteiger partial charge < -0.3 is 14.8 Å². The van der Waals surface area contributed by atoms with Crippen LogP contribution in [-0.4, -0.2) is 30.3 Å². The van der Waals surface area contributed by atoms with Crippen molar-refractivity contribution in [3.8, 4) is 11.5 Å². The summed E-state index contributed by atoms with van der Waals surface area (Å²) in [4.78, 5) is 12.2. The number of rotatable bonds is 6. The molecule has 2 aromatic rings. The van der Waals surface area contributed by atoms with E-state index >= 15 is 0 Å². The molecule has 1 unspecified atom stereocenters. The molecule has 1 atom stereocenters. The van der Waals surface area contributed by atoms with Gasteiger partial charge >= 0.3 is 0 Å². The summed E-state index contributed by atoms with van der Waals surface area (Å²) in [5.74, 6) is 1.13. The lowest BCUT2D eigenvalue weighted by Gasteiger charge is -2.14. The largest absolute Gasteiger partial charge is 0.493 e. The number of nitrogens with one attached hydrogen (secondary N) is 2. The van der Waals surface area contributed by atoms with Gasteiger partial charge in [-0.3, -0.25) is 9.89 Å². The number of ether oxygens (including phenoxy) is 2. The number of hydrogen-bond donors (Lipinski definition) is 2. The number of aromatic nitrogens is 2. The highest BCUT2D eigenvalue weighted by Crippen LogP contribution is 2.28. The highest BCUT2D eigenvalue weighted by Gasteiger charge is 2.16. The van der Waals surface area contributed by atoms with Crippen molar-refractivity contribution in [3.63, 3.8) is 0 Å². The first-order chi connectivity index (χ1) is 10.5. The Morgan fingerprint density at radius 1 is 1.32 bits per heavy atom. The molecule has 0 aliphatic carbocycles. The summed E-state index contributed by atoms with van der Waals surface area (Å²) in [5.41, 5.74) is 2.57. The van der Waals surface area contributed by atoms with Gasteiger partial charge in [0.25, 0.3) is 0 Å². The second kappa shape index (κ2) is 6.98. The SMILES string of the molecule is COc1ccc(CC(C)C(=O)Nc2cn[nH]c2C)cc1OC. The maximum Gasteiger partial charge on any atom is 0.227 e. The first kappa shape index (κ1) is 15.9. The summed E-state index contributed by atoms with van der Waals surface area (Å²) in [6.45, 7) is 3.75. The van der Waals surface area contributed by atoms with Gasteiger partial charge in [0, 0.05) is 5.92 Å². The van der Waals surface area contributed by atoms with E-state index in [0.29, 0.717) is 23.6 Å². The zero-order chi connectivity index (χ0) is 16.1. The molecule has 0 radical (unpaired) electrons. The van der Waals surface area contributed by atoms with E-state index in [-0.39, 0.29) is 11.8 Å². The minimum atomic E-state index is -0.174. The van der Waals surface area contributed by atoms with E-state index in [9.17, 15) is 4.79 Å². The summed E-state index contributed by atoms with van der Waals surface area (Å²) in [6, 6.07) is 5.68. The third-order valence-corrected chi connectivity index (χ3v) is 3.53. The number of carbonyl (C=O) groups excluding carboxylic acids is 1. The summed E-state index contributed by atoms with van der Waals surface area (Å²) in [6.07, 6.45) is 2.22. The van der Waals surface area contributed by atoms with Gasteiger partial charge in [-0.05, 0) is 31.0 Å². The predicted octanol–water partition coefficient (Wildman–Crippen LogP) is 2.55. The van der Waals surface area contributed by atoms with Crippen LogP contribution in [0.15, 0.2) is 24.4 Å². The molecule has 0 fully saturated rings. The summed E-state index contributed by atoms with van der Waals surface area (Å²) >= 11 is 0. The fourth-order valence-electron chi connectivity index (χ4n) is 2.19. The molecule has 0 aliphatic heterocycles. The molecule has 118 valence electrons. The number of carbonyl (C=O) groups is 1. The maximum absolute atomic E-state index is 12.2. The molecule has 1 aromatic carbocycles. The summed E-state index contributed by atoms with van der Waals surface area (Å²) in [7, 11) is 3.19. The van der Waals surface area contributed by atoms with Crippen LogP contribution in [0.3, 0.4) is 0 Å². The van der Waals surface area contributed by atoms with E-state index in [1.54, 1.807) is 20.4 Å². The van der Waals surface area contributed by atoms with Gasteiger partial charge in [0.15, 0.2) is 11.5 Å². The average molecular weight is 303 g/mol. The van der Waals surface area contributed by atoms with Crippen LogP contribution in [0.25, 0.3) is 0 Å². The molecule has 2 N–H and O–H groups in total. The van der Waals surface area contributed by atoms with E-state index in [2.05, 4.69) is 15.5 Å². The summed E-state index contributed by atoms with van der Waals surface area (Å²) < 4.78 is 10.5. The zero-order valence-corrected chi connectivity index (χ0v) is 13.3. The molecule has 0 saturated carbocycles. The number of hydrogen-bond acceptors (Lipinski definition) is 4. The monoisotopic (exact) mass is 303 g/mol. The molecule has 6 heteroatoms. The third kappa shape index (κ3) is 3.58. The van der Waals surface area contributed by atoms with Crippen molar-refractivity contribution in [2.75, 3.05) is 19.5 Å². The van der Waals surface area contributed by atoms with Gasteiger partial charge in [0.05, 0.1) is 31.8 Å². The standard InChI is InChI=1S/C16H21N3O3/c1-10(16(20)18-13-9-17-19-11(13)2)7-12-5-6-14(21-3)15(8-12)22-4/h5-6,8-10H,7H2,1-4H3,(H,17,19)(H,18,20). The minimum absolute atomic E-state index is 0.0423. The molecular weight excluding hydrogens is 282 g/mol. The van der Waals surface area contributed by atoms with Crippen LogP contribution < -0.4 is 14.8 Å². The maximum atomic E-state index is 12.2. The van der Waals surface area contributed by atoms with E-state index in [4.69, 9.17) is 9.47 Å². The van der Waals surface area contributed by atoms with Crippen molar-refractivity contribution in [2.24, 2.45) is 5.92 Å². The fourth-order valence-corrected chi connectivity index (χ4v) is 2.19. The molecular formula is C16H21N3O3. The Morgan fingerprint density at radius 2 is 2.05 bits per heavy atom. The zero-order valence-electron chi connectivity index (χ0n) is 13.3. The fraction of sp³-hybridized carbons (Fsp3) is 0.375. The highest BCUT2D eigenvalue weighted by molar-refractivity contribution is 5.92. The van der Waals surface area contributed by atoms with Crippen LogP contribution in [0.1, 0.15) is 18.2 Å². The highest BCUT2D eigenvalue weighted by atomic mass is 16.5. The number of anilines is 1. The van der Waals surface area contributed by atoms with Gasteiger partial charge in [-0.1, -0.05) is 13.0 Å². The molecule has 0 bridgehead atoms. The Hall–Kier alpha value is -2.50. The van der Waals surface area contributed by atoms with Crippen molar-refractivity contribution in [1.82, 2.24) is 10.2 Å². The van der Waals surface area contributed by atoms with Crippen LogP contribution in [0.4, 0.5) is 5.69 Å². The predicted molar refractivity (Wildman–Crippen MR) is 84.4 cm³/mol. The van der Waals surface area contributed by atoms with Crippen molar-refractivity contribution in [2.45, 2.75) is 20.3 Å². The van der Waals surface area contributed by atoms with Crippen LogP contribution in [0.5, 0.6) is 11.5 Å². The average Bonchev–Trinajstić information content (AvgIpc) is 2.92. The number of benzene rings is 1. The number of aryl methyl sites for hydroxylation is 1. The van der Waals surface area contributed by atoms with Crippen molar-refractivity contribution < 1.29 is 14.3 Å². The topological polar surface area (TPSA) is 76.2 Å². The Labute approximate surface area is 129 Å². The van der Waals surface area contributed by atoms with Crippen molar-refractivity contribution in [1.29, 1.82) is 0 Å². The quantitative estimate of drug-likeness (QED) is 0.860. The molecule has 0 aliphatic rings. The number of aromatic amines is 1. The van der Waals surface area contributed by atoms with Crippen LogP contribution in [0, 0.1) is 12.8 Å². The minimum Gasteiger partial charge on any atom is -0.493 e. The number of H-pyrrole nitrogens is 1. The van der Waals surface area contributed by atoms with Gasteiger partial charge in [-0.25, -0.2) is 0 Å². The smallest absolute Gasteiger partial charge is 0.227 e. The molecule has 22 heavy (non-hydrogen) atoms. The van der Waals surface area contributed by atoms with E-state index in [1.807, 2.05) is 32.0 Å². The van der Waals surface area contributed by atoms with Gasteiger partial charge in [0.1, 0.15) is 0 Å².